The first kappa shape index (κ1) is 16.2. The van der Waals surface area contributed by atoms with E-state index in [2.05, 4.69) is 59.4 Å². The van der Waals surface area contributed by atoms with Crippen LogP contribution < -0.4 is 5.32 Å². The smallest absolute Gasteiger partial charge is 0.124 e. The Bertz CT molecular complexity index is 574. The molecular formula is C18H21BrFN. The molecule has 3 heteroatoms. The molecule has 2 unspecified atom stereocenters. The Hall–Kier alpha value is -1.19. The molecule has 0 bridgehead atoms. The summed E-state index contributed by atoms with van der Waals surface area (Å²) in [4.78, 5) is 0. The molecule has 2 aromatic carbocycles. The summed E-state index contributed by atoms with van der Waals surface area (Å²) in [6.45, 7) is 4.42. The van der Waals surface area contributed by atoms with E-state index in [-0.39, 0.29) is 11.9 Å². The summed E-state index contributed by atoms with van der Waals surface area (Å²) in [5, 5.41) is 3.26. The zero-order chi connectivity index (χ0) is 15.4. The predicted octanol–water partition coefficient (Wildman–Crippen LogP) is 5.41. The number of hydrogen-bond donors (Lipinski definition) is 1. The molecule has 1 N–H and O–H groups in total. The highest BCUT2D eigenvalue weighted by molar-refractivity contribution is 9.10. The van der Waals surface area contributed by atoms with Gasteiger partial charge >= 0.3 is 0 Å². The van der Waals surface area contributed by atoms with Crippen molar-refractivity contribution in [2.75, 3.05) is 7.05 Å². The molecule has 0 saturated heterocycles. The van der Waals surface area contributed by atoms with Gasteiger partial charge in [-0.05, 0) is 54.3 Å². The monoisotopic (exact) mass is 349 g/mol. The van der Waals surface area contributed by atoms with E-state index >= 15 is 0 Å². The number of halogens is 2. The van der Waals surface area contributed by atoms with Crippen LogP contribution in [0.25, 0.3) is 0 Å². The fraction of sp³-hybridized carbons (Fsp3) is 0.333. The minimum Gasteiger partial charge on any atom is -0.309 e. The molecule has 0 fully saturated rings. The molecule has 0 aromatic heterocycles. The second-order valence-electron chi connectivity index (χ2n) is 5.40. The molecule has 0 aliphatic heterocycles. The molecule has 2 atom stereocenters. The van der Waals surface area contributed by atoms with E-state index in [9.17, 15) is 4.39 Å². The minimum atomic E-state index is -0.226. The highest BCUT2D eigenvalue weighted by atomic mass is 79.9. The zero-order valence-corrected chi connectivity index (χ0v) is 14.2. The Morgan fingerprint density at radius 3 is 2.19 bits per heavy atom. The van der Waals surface area contributed by atoms with Gasteiger partial charge < -0.3 is 5.32 Å². The van der Waals surface area contributed by atoms with E-state index in [0.29, 0.717) is 5.92 Å². The first-order valence-corrected chi connectivity index (χ1v) is 8.07. The van der Waals surface area contributed by atoms with Crippen LogP contribution in [0.4, 0.5) is 4.39 Å². The maximum absolute atomic E-state index is 13.6. The third-order valence-electron chi connectivity index (χ3n) is 3.96. The van der Waals surface area contributed by atoms with Crippen molar-refractivity contribution in [2.45, 2.75) is 32.2 Å². The minimum absolute atomic E-state index is 0.0111. The average molecular weight is 350 g/mol. The summed E-state index contributed by atoms with van der Waals surface area (Å²) < 4.78 is 14.4. The van der Waals surface area contributed by atoms with Gasteiger partial charge in [0, 0.05) is 4.47 Å². The molecule has 21 heavy (non-hydrogen) atoms. The van der Waals surface area contributed by atoms with Gasteiger partial charge in [0.1, 0.15) is 5.82 Å². The normalized spacial score (nSPS) is 14.0. The van der Waals surface area contributed by atoms with E-state index in [1.165, 1.54) is 11.6 Å². The van der Waals surface area contributed by atoms with Crippen molar-refractivity contribution in [3.05, 3.63) is 69.4 Å². The SMILES string of the molecule is CCC(C)c1ccc(C(NC)c2cc(F)cc(Br)c2)cc1. The third kappa shape index (κ3) is 3.92. The van der Waals surface area contributed by atoms with Gasteiger partial charge in [-0.15, -0.1) is 0 Å². The van der Waals surface area contributed by atoms with E-state index in [0.717, 1.165) is 22.0 Å². The van der Waals surface area contributed by atoms with Gasteiger partial charge in [0.25, 0.3) is 0 Å². The predicted molar refractivity (Wildman–Crippen MR) is 90.2 cm³/mol. The molecule has 0 radical (unpaired) electrons. The van der Waals surface area contributed by atoms with Crippen molar-refractivity contribution in [3.8, 4) is 0 Å². The van der Waals surface area contributed by atoms with E-state index in [4.69, 9.17) is 0 Å². The standard InChI is InChI=1S/C18H21BrFN/c1-4-12(2)13-5-7-14(8-6-13)18(21-3)15-9-16(19)11-17(20)10-15/h5-12,18,21H,4H2,1-3H3. The maximum atomic E-state index is 13.6. The Kier molecular flexibility index (Phi) is 5.54. The first-order chi connectivity index (χ1) is 10.0. The van der Waals surface area contributed by atoms with Gasteiger partial charge in [-0.2, -0.15) is 0 Å². The highest BCUT2D eigenvalue weighted by Gasteiger charge is 2.14. The molecule has 0 amide bonds. The maximum Gasteiger partial charge on any atom is 0.124 e. The highest BCUT2D eigenvalue weighted by Crippen LogP contribution is 2.27. The quantitative estimate of drug-likeness (QED) is 0.760. The average Bonchev–Trinajstić information content (AvgIpc) is 2.47. The summed E-state index contributed by atoms with van der Waals surface area (Å²) in [7, 11) is 1.89. The Morgan fingerprint density at radius 1 is 1.05 bits per heavy atom. The van der Waals surface area contributed by atoms with Crippen LogP contribution in [0.1, 0.15) is 48.9 Å². The Balaban J connectivity index is 2.32. The lowest BCUT2D eigenvalue weighted by Gasteiger charge is -2.19. The fourth-order valence-corrected chi connectivity index (χ4v) is 3.00. The van der Waals surface area contributed by atoms with Crippen LogP contribution in [0.15, 0.2) is 46.9 Å². The summed E-state index contributed by atoms with van der Waals surface area (Å²) in [5.41, 5.74) is 3.40. The van der Waals surface area contributed by atoms with Crippen molar-refractivity contribution >= 4 is 15.9 Å². The van der Waals surface area contributed by atoms with Crippen LogP contribution in [-0.4, -0.2) is 7.05 Å². The second kappa shape index (κ2) is 7.19. The summed E-state index contributed by atoms with van der Waals surface area (Å²) in [6.07, 6.45) is 1.13. The van der Waals surface area contributed by atoms with Crippen LogP contribution in [0.5, 0.6) is 0 Å². The molecule has 0 aliphatic carbocycles. The topological polar surface area (TPSA) is 12.0 Å². The molecule has 0 aliphatic rings. The summed E-state index contributed by atoms with van der Waals surface area (Å²) in [6, 6.07) is 13.6. The van der Waals surface area contributed by atoms with Crippen molar-refractivity contribution < 1.29 is 4.39 Å². The fourth-order valence-electron chi connectivity index (χ4n) is 2.52. The number of hydrogen-bond acceptors (Lipinski definition) is 1. The molecule has 112 valence electrons. The van der Waals surface area contributed by atoms with Crippen LogP contribution in [0, 0.1) is 5.82 Å². The summed E-state index contributed by atoms with van der Waals surface area (Å²) >= 11 is 3.36. The Morgan fingerprint density at radius 2 is 1.67 bits per heavy atom. The molecular weight excluding hydrogens is 329 g/mol. The molecule has 0 heterocycles. The van der Waals surface area contributed by atoms with Crippen LogP contribution >= 0.6 is 15.9 Å². The number of nitrogens with one attached hydrogen (secondary N) is 1. The molecule has 0 saturated carbocycles. The van der Waals surface area contributed by atoms with Crippen molar-refractivity contribution in [1.82, 2.24) is 5.32 Å². The van der Waals surface area contributed by atoms with Gasteiger partial charge in [0.2, 0.25) is 0 Å². The lowest BCUT2D eigenvalue weighted by Crippen LogP contribution is -2.18. The first-order valence-electron chi connectivity index (χ1n) is 7.28. The molecule has 1 nitrogen and oxygen atoms in total. The van der Waals surface area contributed by atoms with Crippen LogP contribution in [0.2, 0.25) is 0 Å². The largest absolute Gasteiger partial charge is 0.309 e. The van der Waals surface area contributed by atoms with Gasteiger partial charge in [0.05, 0.1) is 6.04 Å². The number of rotatable bonds is 5. The van der Waals surface area contributed by atoms with E-state index in [1.807, 2.05) is 13.1 Å². The molecule has 0 spiro atoms. The Labute approximate surface area is 134 Å². The van der Waals surface area contributed by atoms with Gasteiger partial charge in [0.15, 0.2) is 0 Å². The van der Waals surface area contributed by atoms with Gasteiger partial charge in [-0.25, -0.2) is 4.39 Å². The van der Waals surface area contributed by atoms with Crippen LogP contribution in [0.3, 0.4) is 0 Å². The second-order valence-corrected chi connectivity index (χ2v) is 6.32. The lowest BCUT2D eigenvalue weighted by atomic mass is 9.93. The van der Waals surface area contributed by atoms with E-state index in [1.54, 1.807) is 6.07 Å². The molecule has 2 rings (SSSR count). The summed E-state index contributed by atoms with van der Waals surface area (Å²) in [5.74, 6) is 0.339. The van der Waals surface area contributed by atoms with Crippen molar-refractivity contribution in [1.29, 1.82) is 0 Å². The van der Waals surface area contributed by atoms with Crippen molar-refractivity contribution in [3.63, 3.8) is 0 Å². The molecule has 2 aromatic rings. The van der Waals surface area contributed by atoms with Gasteiger partial charge in [-0.3, -0.25) is 0 Å². The number of benzene rings is 2. The van der Waals surface area contributed by atoms with Crippen molar-refractivity contribution in [2.24, 2.45) is 0 Å². The van der Waals surface area contributed by atoms with Gasteiger partial charge in [-0.1, -0.05) is 54.0 Å². The third-order valence-corrected chi connectivity index (χ3v) is 4.42. The van der Waals surface area contributed by atoms with E-state index < -0.39 is 0 Å². The van der Waals surface area contributed by atoms with Crippen LogP contribution in [-0.2, 0) is 0 Å². The zero-order valence-electron chi connectivity index (χ0n) is 12.7. The lowest BCUT2D eigenvalue weighted by molar-refractivity contribution is 0.615.